The number of nitrogens with zero attached hydrogens (tertiary/aromatic N) is 4. The third kappa shape index (κ3) is 5.67. The maximum absolute atomic E-state index is 12.9. The molecular weight excluding hydrogens is 352 g/mol. The Hall–Kier alpha value is -1.66. The molecule has 0 N–H and O–H groups in total. The van der Waals surface area contributed by atoms with E-state index in [1.807, 2.05) is 17.0 Å². The van der Waals surface area contributed by atoms with Gasteiger partial charge in [-0.25, -0.2) is 4.98 Å². The van der Waals surface area contributed by atoms with E-state index in [0.29, 0.717) is 17.4 Å². The zero-order valence-corrected chi connectivity index (χ0v) is 17.8. The van der Waals surface area contributed by atoms with Gasteiger partial charge in [0.05, 0.1) is 12.2 Å². The average molecular weight is 389 g/mol. The fourth-order valence-corrected chi connectivity index (χ4v) is 4.40. The smallest absolute Gasteiger partial charge is 0.255 e. The first kappa shape index (κ1) is 21.1. The molecule has 0 unspecified atom stereocenters. The second-order valence-corrected chi connectivity index (χ2v) is 8.65. The number of carbonyl (C=O) groups excluding carboxylic acids is 1. The summed E-state index contributed by atoms with van der Waals surface area (Å²) in [5, 5.41) is 0. The van der Waals surface area contributed by atoms with Crippen molar-refractivity contribution in [3.63, 3.8) is 0 Å². The molecule has 2 aliphatic heterocycles. The van der Waals surface area contributed by atoms with E-state index >= 15 is 0 Å². The molecule has 2 aliphatic rings. The molecule has 3 rings (SSSR count). The van der Waals surface area contributed by atoms with Crippen LogP contribution in [0.5, 0.6) is 0 Å². The second-order valence-electron chi connectivity index (χ2n) is 8.65. The Balaban J connectivity index is 1.58. The number of anilines is 1. The molecule has 3 heterocycles. The third-order valence-corrected chi connectivity index (χ3v) is 5.74. The summed E-state index contributed by atoms with van der Waals surface area (Å²) in [6, 6.07) is 3.96. The van der Waals surface area contributed by atoms with Crippen molar-refractivity contribution in [3.8, 4) is 0 Å². The summed E-state index contributed by atoms with van der Waals surface area (Å²) < 4.78 is 5.28. The molecule has 6 nitrogen and oxygen atoms in total. The van der Waals surface area contributed by atoms with Gasteiger partial charge in [-0.15, -0.1) is 0 Å². The molecule has 2 saturated heterocycles. The Bertz CT molecular complexity index is 617. The highest BCUT2D eigenvalue weighted by Crippen LogP contribution is 2.20. The van der Waals surface area contributed by atoms with Gasteiger partial charge < -0.3 is 19.4 Å². The van der Waals surface area contributed by atoms with Crippen LogP contribution in [0.4, 0.5) is 5.82 Å². The van der Waals surface area contributed by atoms with Gasteiger partial charge in [-0.1, -0.05) is 13.8 Å². The number of likely N-dealkylation sites (tertiary alicyclic amines) is 1. The Morgan fingerprint density at radius 3 is 2.75 bits per heavy atom. The molecule has 6 heteroatoms. The van der Waals surface area contributed by atoms with Crippen molar-refractivity contribution in [2.75, 3.05) is 64.4 Å². The SMILES string of the molecule is COC[C@H]1CCCN(C(=O)c2ccc(N3CCCN(CC(C)C)CC3)nc2)C1. The number of pyridine rings is 1. The van der Waals surface area contributed by atoms with Crippen molar-refractivity contribution in [2.45, 2.75) is 33.1 Å². The van der Waals surface area contributed by atoms with Gasteiger partial charge in [0.2, 0.25) is 0 Å². The van der Waals surface area contributed by atoms with Gasteiger partial charge in [-0.05, 0) is 49.8 Å². The van der Waals surface area contributed by atoms with E-state index in [1.54, 1.807) is 13.3 Å². The van der Waals surface area contributed by atoms with Crippen LogP contribution in [0.3, 0.4) is 0 Å². The zero-order chi connectivity index (χ0) is 19.9. The number of amides is 1. The summed E-state index contributed by atoms with van der Waals surface area (Å²) in [5.74, 6) is 2.23. The Morgan fingerprint density at radius 2 is 2.04 bits per heavy atom. The standard InChI is InChI=1S/C22H36N4O2/c1-18(2)15-24-9-5-11-25(13-12-24)21-8-7-20(14-23-21)22(27)26-10-4-6-19(16-26)17-28-3/h7-8,14,18-19H,4-6,9-13,15-17H2,1-3H3/t19-/m0/s1. The van der Waals surface area contributed by atoms with Crippen LogP contribution < -0.4 is 4.90 Å². The van der Waals surface area contributed by atoms with Crippen LogP contribution >= 0.6 is 0 Å². The number of ether oxygens (including phenoxy) is 1. The molecule has 1 aromatic heterocycles. The maximum atomic E-state index is 12.9. The minimum absolute atomic E-state index is 0.0961. The number of hydrogen-bond donors (Lipinski definition) is 0. The zero-order valence-electron chi connectivity index (χ0n) is 17.8. The molecule has 2 fully saturated rings. The molecule has 0 spiro atoms. The summed E-state index contributed by atoms with van der Waals surface area (Å²) in [6.07, 6.45) is 5.10. The largest absolute Gasteiger partial charge is 0.384 e. The minimum atomic E-state index is 0.0961. The van der Waals surface area contributed by atoms with Crippen LogP contribution in [0.15, 0.2) is 18.3 Å². The summed E-state index contributed by atoms with van der Waals surface area (Å²) in [5.41, 5.74) is 0.693. The monoisotopic (exact) mass is 388 g/mol. The van der Waals surface area contributed by atoms with Gasteiger partial charge in [0.25, 0.3) is 5.91 Å². The van der Waals surface area contributed by atoms with E-state index in [9.17, 15) is 4.79 Å². The lowest BCUT2D eigenvalue weighted by Gasteiger charge is -2.32. The molecule has 28 heavy (non-hydrogen) atoms. The van der Waals surface area contributed by atoms with Crippen molar-refractivity contribution in [1.82, 2.24) is 14.8 Å². The van der Waals surface area contributed by atoms with Gasteiger partial charge in [0.15, 0.2) is 0 Å². The first-order chi connectivity index (χ1) is 13.6. The average Bonchev–Trinajstić information content (AvgIpc) is 2.93. The highest BCUT2D eigenvalue weighted by Gasteiger charge is 2.25. The summed E-state index contributed by atoms with van der Waals surface area (Å²) in [7, 11) is 1.73. The lowest BCUT2D eigenvalue weighted by molar-refractivity contribution is 0.0570. The number of carbonyl (C=O) groups is 1. The molecule has 1 aromatic rings. The van der Waals surface area contributed by atoms with Gasteiger partial charge in [0.1, 0.15) is 5.82 Å². The fourth-order valence-electron chi connectivity index (χ4n) is 4.40. The maximum Gasteiger partial charge on any atom is 0.255 e. The minimum Gasteiger partial charge on any atom is -0.384 e. The molecule has 0 bridgehead atoms. The Kier molecular flexibility index (Phi) is 7.68. The van der Waals surface area contributed by atoms with Gasteiger partial charge in [0, 0.05) is 52.6 Å². The molecule has 156 valence electrons. The van der Waals surface area contributed by atoms with E-state index < -0.39 is 0 Å². The summed E-state index contributed by atoms with van der Waals surface area (Å²) in [4.78, 5) is 24.4. The van der Waals surface area contributed by atoms with E-state index in [0.717, 1.165) is 77.5 Å². The topological polar surface area (TPSA) is 48.9 Å². The van der Waals surface area contributed by atoms with Crippen molar-refractivity contribution in [1.29, 1.82) is 0 Å². The highest BCUT2D eigenvalue weighted by atomic mass is 16.5. The van der Waals surface area contributed by atoms with Crippen LogP contribution in [0.25, 0.3) is 0 Å². The number of hydrogen-bond acceptors (Lipinski definition) is 5. The van der Waals surface area contributed by atoms with E-state index in [2.05, 4.69) is 28.6 Å². The Labute approximate surface area is 169 Å². The summed E-state index contributed by atoms with van der Waals surface area (Å²) >= 11 is 0. The van der Waals surface area contributed by atoms with Crippen molar-refractivity contribution >= 4 is 11.7 Å². The molecular formula is C22H36N4O2. The van der Waals surface area contributed by atoms with Crippen LogP contribution in [0.2, 0.25) is 0 Å². The molecule has 0 aliphatic carbocycles. The quantitative estimate of drug-likeness (QED) is 0.750. The first-order valence-electron chi connectivity index (χ1n) is 10.8. The van der Waals surface area contributed by atoms with Crippen LogP contribution in [-0.4, -0.2) is 80.2 Å². The number of piperidine rings is 1. The predicted molar refractivity (Wildman–Crippen MR) is 113 cm³/mol. The van der Waals surface area contributed by atoms with E-state index in [4.69, 9.17) is 4.74 Å². The van der Waals surface area contributed by atoms with Crippen LogP contribution in [0.1, 0.15) is 43.5 Å². The highest BCUT2D eigenvalue weighted by molar-refractivity contribution is 5.94. The fraction of sp³-hybridized carbons (Fsp3) is 0.727. The van der Waals surface area contributed by atoms with Crippen molar-refractivity contribution in [2.24, 2.45) is 11.8 Å². The van der Waals surface area contributed by atoms with E-state index in [-0.39, 0.29) is 5.91 Å². The Morgan fingerprint density at radius 1 is 1.18 bits per heavy atom. The van der Waals surface area contributed by atoms with Crippen LogP contribution in [0, 0.1) is 11.8 Å². The molecule has 0 radical (unpaired) electrons. The van der Waals surface area contributed by atoms with Gasteiger partial charge in [-0.3, -0.25) is 4.79 Å². The summed E-state index contributed by atoms with van der Waals surface area (Å²) in [6.45, 7) is 12.3. The third-order valence-electron chi connectivity index (χ3n) is 5.74. The first-order valence-corrected chi connectivity index (χ1v) is 10.8. The predicted octanol–water partition coefficient (Wildman–Crippen LogP) is 2.75. The molecule has 1 amide bonds. The van der Waals surface area contributed by atoms with Gasteiger partial charge >= 0.3 is 0 Å². The van der Waals surface area contributed by atoms with Crippen LogP contribution in [-0.2, 0) is 4.74 Å². The molecule has 0 aromatic carbocycles. The number of aromatic nitrogens is 1. The molecule has 1 atom stereocenters. The van der Waals surface area contributed by atoms with Crippen molar-refractivity contribution < 1.29 is 9.53 Å². The van der Waals surface area contributed by atoms with E-state index in [1.165, 1.54) is 0 Å². The van der Waals surface area contributed by atoms with Crippen molar-refractivity contribution in [3.05, 3.63) is 23.9 Å². The number of rotatable bonds is 6. The molecule has 0 saturated carbocycles. The lowest BCUT2D eigenvalue weighted by Crippen LogP contribution is -2.41. The number of methoxy groups -OCH3 is 1. The lowest BCUT2D eigenvalue weighted by atomic mass is 9.98. The van der Waals surface area contributed by atoms with Gasteiger partial charge in [-0.2, -0.15) is 0 Å². The second kappa shape index (κ2) is 10.2. The normalized spacial score (nSPS) is 21.8.